The average Bonchev–Trinajstić information content (AvgIpc) is 2.74. The van der Waals surface area contributed by atoms with Crippen LogP contribution in [0, 0.1) is 15.9 Å². The monoisotopic (exact) mass is 314 g/mol. The number of thiophene rings is 1. The predicted octanol–water partition coefficient (Wildman–Crippen LogP) is 4.08. The SMILES string of the molecule is CN(Cc1ccc([N+](=O)[O-])c(F)c1)Cc1ccc(Cl)s1. The minimum atomic E-state index is -0.805. The molecular weight excluding hydrogens is 303 g/mol. The molecule has 0 amide bonds. The predicted molar refractivity (Wildman–Crippen MR) is 77.6 cm³/mol. The highest BCUT2D eigenvalue weighted by Gasteiger charge is 2.14. The quantitative estimate of drug-likeness (QED) is 0.617. The molecule has 0 aliphatic carbocycles. The molecule has 0 saturated heterocycles. The molecule has 0 N–H and O–H groups in total. The smallest absolute Gasteiger partial charge is 0.297 e. The van der Waals surface area contributed by atoms with Crippen LogP contribution < -0.4 is 0 Å². The largest absolute Gasteiger partial charge is 0.304 e. The number of rotatable bonds is 5. The molecule has 0 fully saturated rings. The van der Waals surface area contributed by atoms with Crippen LogP contribution in [-0.4, -0.2) is 16.9 Å². The van der Waals surface area contributed by atoms with Crippen LogP contribution in [-0.2, 0) is 13.1 Å². The Morgan fingerprint density at radius 2 is 2.10 bits per heavy atom. The Kier molecular flexibility index (Phi) is 4.69. The zero-order chi connectivity index (χ0) is 14.7. The molecule has 0 aliphatic rings. The minimum absolute atomic E-state index is 0.499. The number of nitro benzene ring substituents is 1. The maximum atomic E-state index is 13.5. The Labute approximate surface area is 124 Å². The number of hydrogen-bond acceptors (Lipinski definition) is 4. The van der Waals surface area contributed by atoms with E-state index in [4.69, 9.17) is 11.6 Å². The van der Waals surface area contributed by atoms with E-state index in [1.807, 2.05) is 24.1 Å². The number of nitrogens with zero attached hydrogens (tertiary/aromatic N) is 2. The molecule has 0 radical (unpaired) electrons. The van der Waals surface area contributed by atoms with Crippen LogP contribution in [0.5, 0.6) is 0 Å². The third kappa shape index (κ3) is 3.75. The lowest BCUT2D eigenvalue weighted by atomic mass is 10.2. The summed E-state index contributed by atoms with van der Waals surface area (Å²) < 4.78 is 14.2. The van der Waals surface area contributed by atoms with Crippen molar-refractivity contribution in [2.24, 2.45) is 0 Å². The van der Waals surface area contributed by atoms with Crippen LogP contribution in [0.15, 0.2) is 30.3 Å². The second-order valence-electron chi connectivity index (χ2n) is 4.42. The molecule has 0 bridgehead atoms. The summed E-state index contributed by atoms with van der Waals surface area (Å²) in [5, 5.41) is 10.5. The van der Waals surface area contributed by atoms with Gasteiger partial charge in [0.15, 0.2) is 0 Å². The van der Waals surface area contributed by atoms with E-state index >= 15 is 0 Å². The number of nitro groups is 1. The lowest BCUT2D eigenvalue weighted by Crippen LogP contribution is -2.16. The average molecular weight is 315 g/mol. The van der Waals surface area contributed by atoms with Gasteiger partial charge in [0.25, 0.3) is 0 Å². The first kappa shape index (κ1) is 14.9. The van der Waals surface area contributed by atoms with Gasteiger partial charge in [-0.1, -0.05) is 17.7 Å². The summed E-state index contributed by atoms with van der Waals surface area (Å²) in [5.74, 6) is -0.805. The number of halogens is 2. The van der Waals surface area contributed by atoms with Gasteiger partial charge in [0.2, 0.25) is 5.82 Å². The molecule has 4 nitrogen and oxygen atoms in total. The van der Waals surface area contributed by atoms with Crippen molar-refractivity contribution in [2.45, 2.75) is 13.1 Å². The van der Waals surface area contributed by atoms with E-state index in [1.165, 1.54) is 23.5 Å². The van der Waals surface area contributed by atoms with E-state index in [0.29, 0.717) is 18.7 Å². The van der Waals surface area contributed by atoms with Gasteiger partial charge in [0.1, 0.15) is 0 Å². The first-order chi connectivity index (χ1) is 9.45. The highest BCUT2D eigenvalue weighted by Crippen LogP contribution is 2.23. The van der Waals surface area contributed by atoms with Gasteiger partial charge in [-0.2, -0.15) is 4.39 Å². The Balaban J connectivity index is 2.02. The summed E-state index contributed by atoms with van der Waals surface area (Å²) in [5.41, 5.74) is 0.194. The van der Waals surface area contributed by atoms with E-state index in [9.17, 15) is 14.5 Å². The van der Waals surface area contributed by atoms with Gasteiger partial charge in [0.05, 0.1) is 9.26 Å². The van der Waals surface area contributed by atoms with E-state index < -0.39 is 16.4 Å². The lowest BCUT2D eigenvalue weighted by Gasteiger charge is -2.15. The van der Waals surface area contributed by atoms with Crippen LogP contribution in [0.3, 0.4) is 0 Å². The summed E-state index contributed by atoms with van der Waals surface area (Å²) in [4.78, 5) is 12.9. The van der Waals surface area contributed by atoms with Crippen LogP contribution in [0.1, 0.15) is 10.4 Å². The zero-order valence-corrected chi connectivity index (χ0v) is 12.2. The summed E-state index contributed by atoms with van der Waals surface area (Å²) >= 11 is 7.35. The van der Waals surface area contributed by atoms with Crippen molar-refractivity contribution in [1.29, 1.82) is 0 Å². The second-order valence-corrected chi connectivity index (χ2v) is 6.22. The molecular formula is C13H12ClFN2O2S. The number of benzene rings is 1. The summed E-state index contributed by atoms with van der Waals surface area (Å²) in [6.07, 6.45) is 0. The van der Waals surface area contributed by atoms with Crippen molar-refractivity contribution >= 4 is 28.6 Å². The van der Waals surface area contributed by atoms with Crippen molar-refractivity contribution in [3.8, 4) is 0 Å². The fourth-order valence-corrected chi connectivity index (χ4v) is 3.04. The van der Waals surface area contributed by atoms with Gasteiger partial charge < -0.3 is 0 Å². The molecule has 0 atom stereocenters. The van der Waals surface area contributed by atoms with Crippen LogP contribution in [0.4, 0.5) is 10.1 Å². The van der Waals surface area contributed by atoms with Gasteiger partial charge in [-0.3, -0.25) is 15.0 Å². The molecule has 7 heteroatoms. The van der Waals surface area contributed by atoms with Gasteiger partial charge in [-0.25, -0.2) is 0 Å². The Hall–Kier alpha value is -1.50. The Bertz CT molecular complexity index is 633. The fourth-order valence-electron chi connectivity index (χ4n) is 1.87. The van der Waals surface area contributed by atoms with Gasteiger partial charge in [-0.05, 0) is 30.8 Å². The second kappa shape index (κ2) is 6.30. The van der Waals surface area contributed by atoms with Gasteiger partial charge in [0, 0.05) is 24.0 Å². The Morgan fingerprint density at radius 1 is 1.35 bits per heavy atom. The van der Waals surface area contributed by atoms with Crippen LogP contribution in [0.25, 0.3) is 0 Å². The lowest BCUT2D eigenvalue weighted by molar-refractivity contribution is -0.387. The standard InChI is InChI=1S/C13H12ClFN2O2S/c1-16(8-10-3-5-13(14)20-10)7-9-2-4-12(17(18)19)11(15)6-9/h2-6H,7-8H2,1H3. The minimum Gasteiger partial charge on any atom is -0.297 e. The molecule has 20 heavy (non-hydrogen) atoms. The molecule has 0 saturated carbocycles. The van der Waals surface area contributed by atoms with E-state index in [-0.39, 0.29) is 0 Å². The molecule has 1 aromatic heterocycles. The molecule has 2 aromatic rings. The summed E-state index contributed by atoms with van der Waals surface area (Å²) in [6, 6.07) is 7.75. The van der Waals surface area contributed by atoms with Crippen LogP contribution >= 0.6 is 22.9 Å². The topological polar surface area (TPSA) is 46.4 Å². The number of hydrogen-bond donors (Lipinski definition) is 0. The molecule has 2 rings (SSSR count). The fraction of sp³-hybridized carbons (Fsp3) is 0.231. The first-order valence-electron chi connectivity index (χ1n) is 5.81. The third-order valence-corrected chi connectivity index (χ3v) is 3.93. The van der Waals surface area contributed by atoms with E-state index in [0.717, 1.165) is 9.21 Å². The van der Waals surface area contributed by atoms with E-state index in [2.05, 4.69) is 0 Å². The highest BCUT2D eigenvalue weighted by molar-refractivity contribution is 7.16. The zero-order valence-electron chi connectivity index (χ0n) is 10.7. The normalized spacial score (nSPS) is 11.0. The summed E-state index contributed by atoms with van der Waals surface area (Å²) in [7, 11) is 1.90. The highest BCUT2D eigenvalue weighted by atomic mass is 35.5. The van der Waals surface area contributed by atoms with Gasteiger partial charge >= 0.3 is 5.69 Å². The van der Waals surface area contributed by atoms with E-state index in [1.54, 1.807) is 6.07 Å². The van der Waals surface area contributed by atoms with Crippen molar-refractivity contribution in [2.75, 3.05) is 7.05 Å². The van der Waals surface area contributed by atoms with Crippen molar-refractivity contribution in [1.82, 2.24) is 4.90 Å². The molecule has 1 heterocycles. The molecule has 0 spiro atoms. The molecule has 0 aliphatic heterocycles. The molecule has 0 unspecified atom stereocenters. The van der Waals surface area contributed by atoms with Crippen LogP contribution in [0.2, 0.25) is 4.34 Å². The van der Waals surface area contributed by atoms with Crippen molar-refractivity contribution in [3.63, 3.8) is 0 Å². The summed E-state index contributed by atoms with van der Waals surface area (Å²) in [6.45, 7) is 1.19. The Morgan fingerprint density at radius 3 is 2.65 bits per heavy atom. The van der Waals surface area contributed by atoms with Gasteiger partial charge in [-0.15, -0.1) is 11.3 Å². The third-order valence-electron chi connectivity index (χ3n) is 2.72. The maximum absolute atomic E-state index is 13.5. The molecule has 106 valence electrons. The van der Waals surface area contributed by atoms with Crippen molar-refractivity contribution in [3.05, 3.63) is 61.0 Å². The maximum Gasteiger partial charge on any atom is 0.304 e. The first-order valence-corrected chi connectivity index (χ1v) is 7.00. The molecule has 1 aromatic carbocycles. The van der Waals surface area contributed by atoms with Crippen molar-refractivity contribution < 1.29 is 9.31 Å².